The van der Waals surface area contributed by atoms with Crippen molar-refractivity contribution < 1.29 is 22.7 Å². The van der Waals surface area contributed by atoms with Gasteiger partial charge >= 0.3 is 6.18 Å². The lowest BCUT2D eigenvalue weighted by Gasteiger charge is -2.12. The van der Waals surface area contributed by atoms with E-state index in [1.165, 1.54) is 17.5 Å². The third-order valence-corrected chi connectivity index (χ3v) is 4.20. The van der Waals surface area contributed by atoms with E-state index in [-0.39, 0.29) is 18.3 Å². The molecule has 2 aromatic rings. The second-order valence-corrected chi connectivity index (χ2v) is 6.16. The molecule has 0 radical (unpaired) electrons. The van der Waals surface area contributed by atoms with E-state index in [0.717, 1.165) is 10.4 Å². The zero-order chi connectivity index (χ0) is 17.0. The number of nitrogens with one attached hydrogen (secondary N) is 1. The Bertz CT molecular complexity index is 679. The van der Waals surface area contributed by atoms with Gasteiger partial charge in [-0.1, -0.05) is 6.07 Å². The summed E-state index contributed by atoms with van der Waals surface area (Å²) in [6.45, 7) is 2.44. The lowest BCUT2D eigenvalue weighted by molar-refractivity contribution is -0.154. The summed E-state index contributed by atoms with van der Waals surface area (Å²) in [4.78, 5) is 17.5. The summed E-state index contributed by atoms with van der Waals surface area (Å²) in [6, 6.07) is 4.91. The van der Waals surface area contributed by atoms with Gasteiger partial charge in [-0.05, 0) is 31.5 Å². The van der Waals surface area contributed by atoms with Gasteiger partial charge in [-0.15, -0.1) is 11.3 Å². The van der Waals surface area contributed by atoms with Gasteiger partial charge in [0.15, 0.2) is 6.61 Å². The molecule has 0 spiro atoms. The smallest absolute Gasteiger partial charge is 0.422 e. The van der Waals surface area contributed by atoms with Crippen molar-refractivity contribution >= 4 is 17.2 Å². The number of alkyl halides is 3. The van der Waals surface area contributed by atoms with Gasteiger partial charge in [0.2, 0.25) is 5.88 Å². The van der Waals surface area contributed by atoms with Crippen LogP contribution < -0.4 is 10.1 Å². The summed E-state index contributed by atoms with van der Waals surface area (Å²) in [5.41, 5.74) is 1.41. The SMILES string of the molecule is Cc1cc(C(=O)NCc2cccnc2OCC(F)(F)F)sc1C. The molecule has 0 atom stereocenters. The van der Waals surface area contributed by atoms with E-state index in [2.05, 4.69) is 15.0 Å². The van der Waals surface area contributed by atoms with Crippen molar-refractivity contribution in [3.8, 4) is 5.88 Å². The molecule has 0 fully saturated rings. The molecule has 0 saturated heterocycles. The van der Waals surface area contributed by atoms with Crippen LogP contribution >= 0.6 is 11.3 Å². The number of halogens is 3. The van der Waals surface area contributed by atoms with E-state index < -0.39 is 12.8 Å². The summed E-state index contributed by atoms with van der Waals surface area (Å²) in [6.07, 6.45) is -3.10. The molecule has 0 unspecified atom stereocenters. The van der Waals surface area contributed by atoms with Gasteiger partial charge in [0.1, 0.15) is 0 Å². The molecule has 1 N–H and O–H groups in total. The molecule has 124 valence electrons. The lowest BCUT2D eigenvalue weighted by atomic mass is 10.2. The van der Waals surface area contributed by atoms with Crippen molar-refractivity contribution in [2.24, 2.45) is 0 Å². The molecular weight excluding hydrogens is 329 g/mol. The number of carbonyl (C=O) groups excluding carboxylic acids is 1. The molecule has 0 saturated carbocycles. The zero-order valence-electron chi connectivity index (χ0n) is 12.5. The van der Waals surface area contributed by atoms with Crippen LogP contribution in [0.2, 0.25) is 0 Å². The van der Waals surface area contributed by atoms with Gasteiger partial charge in [-0.3, -0.25) is 4.79 Å². The second kappa shape index (κ2) is 6.99. The molecule has 2 rings (SSSR count). The molecule has 1 amide bonds. The average molecular weight is 344 g/mol. The normalized spacial score (nSPS) is 11.3. The fourth-order valence-corrected chi connectivity index (χ4v) is 2.74. The first kappa shape index (κ1) is 17.3. The third-order valence-electron chi connectivity index (χ3n) is 3.05. The third kappa shape index (κ3) is 4.95. The number of aromatic nitrogens is 1. The molecule has 0 aliphatic heterocycles. The lowest BCUT2D eigenvalue weighted by Crippen LogP contribution is -2.24. The molecule has 0 aliphatic carbocycles. The van der Waals surface area contributed by atoms with Crippen LogP contribution in [0.3, 0.4) is 0 Å². The Morgan fingerprint density at radius 2 is 2.13 bits per heavy atom. The van der Waals surface area contributed by atoms with Crippen LogP contribution in [0.4, 0.5) is 13.2 Å². The number of ether oxygens (including phenoxy) is 1. The summed E-state index contributed by atoms with van der Waals surface area (Å²) in [5.74, 6) is -0.416. The Kier molecular flexibility index (Phi) is 5.25. The quantitative estimate of drug-likeness (QED) is 0.901. The largest absolute Gasteiger partial charge is 0.468 e. The fraction of sp³-hybridized carbons (Fsp3) is 0.333. The molecular formula is C15H15F3N2O2S. The zero-order valence-corrected chi connectivity index (χ0v) is 13.3. The Balaban J connectivity index is 2.01. The van der Waals surface area contributed by atoms with E-state index in [4.69, 9.17) is 0 Å². The van der Waals surface area contributed by atoms with Gasteiger partial charge in [0.05, 0.1) is 4.88 Å². The van der Waals surface area contributed by atoms with Gasteiger partial charge < -0.3 is 10.1 Å². The van der Waals surface area contributed by atoms with Crippen molar-refractivity contribution in [2.45, 2.75) is 26.6 Å². The average Bonchev–Trinajstić information content (AvgIpc) is 2.82. The standard InChI is InChI=1S/C15H15F3N2O2S/c1-9-6-12(23-10(9)2)13(21)20-7-11-4-3-5-19-14(11)22-8-15(16,17)18/h3-6H,7-8H2,1-2H3,(H,20,21). The number of hydrogen-bond acceptors (Lipinski definition) is 4. The first-order valence-electron chi connectivity index (χ1n) is 6.75. The summed E-state index contributed by atoms with van der Waals surface area (Å²) < 4.78 is 41.4. The molecule has 0 aromatic carbocycles. The number of carbonyl (C=O) groups is 1. The first-order chi connectivity index (χ1) is 10.8. The maximum Gasteiger partial charge on any atom is 0.422 e. The Morgan fingerprint density at radius 1 is 1.39 bits per heavy atom. The number of rotatable bonds is 5. The second-order valence-electron chi connectivity index (χ2n) is 4.90. The highest BCUT2D eigenvalue weighted by Gasteiger charge is 2.29. The molecule has 4 nitrogen and oxygen atoms in total. The van der Waals surface area contributed by atoms with E-state index in [0.29, 0.717) is 10.4 Å². The van der Waals surface area contributed by atoms with Gasteiger partial charge in [-0.2, -0.15) is 13.2 Å². The Morgan fingerprint density at radius 3 is 2.74 bits per heavy atom. The summed E-state index contributed by atoms with van der Waals surface area (Å²) in [7, 11) is 0. The number of nitrogens with zero attached hydrogens (tertiary/aromatic N) is 1. The maximum absolute atomic E-state index is 12.2. The van der Waals surface area contributed by atoms with Crippen molar-refractivity contribution in [2.75, 3.05) is 6.61 Å². The van der Waals surface area contributed by atoms with Crippen molar-refractivity contribution in [1.82, 2.24) is 10.3 Å². The number of thiophene rings is 1. The molecule has 8 heteroatoms. The molecule has 23 heavy (non-hydrogen) atoms. The fourth-order valence-electron chi connectivity index (χ4n) is 1.79. The van der Waals surface area contributed by atoms with Gasteiger partial charge in [-0.25, -0.2) is 4.98 Å². The predicted molar refractivity (Wildman–Crippen MR) is 80.8 cm³/mol. The molecule has 2 aromatic heterocycles. The predicted octanol–water partition coefficient (Wildman–Crippen LogP) is 3.63. The van der Waals surface area contributed by atoms with Crippen LogP contribution in [0.1, 0.15) is 25.7 Å². The Hall–Kier alpha value is -2.09. The van der Waals surface area contributed by atoms with Crippen LogP contribution in [0.25, 0.3) is 0 Å². The Labute approximate surface area is 135 Å². The molecule has 2 heterocycles. The van der Waals surface area contributed by atoms with E-state index in [1.54, 1.807) is 18.2 Å². The van der Waals surface area contributed by atoms with Gasteiger partial charge in [0.25, 0.3) is 5.91 Å². The number of amides is 1. The highest BCUT2D eigenvalue weighted by molar-refractivity contribution is 7.14. The number of aryl methyl sites for hydroxylation is 2. The van der Waals surface area contributed by atoms with E-state index in [9.17, 15) is 18.0 Å². The first-order valence-corrected chi connectivity index (χ1v) is 7.56. The molecule has 0 bridgehead atoms. The highest BCUT2D eigenvalue weighted by atomic mass is 32.1. The van der Waals surface area contributed by atoms with Crippen LogP contribution in [0.15, 0.2) is 24.4 Å². The van der Waals surface area contributed by atoms with Crippen molar-refractivity contribution in [3.05, 3.63) is 45.3 Å². The molecule has 0 aliphatic rings. The van der Waals surface area contributed by atoms with E-state index in [1.807, 2.05) is 13.8 Å². The topological polar surface area (TPSA) is 51.2 Å². The minimum atomic E-state index is -4.44. The summed E-state index contributed by atoms with van der Waals surface area (Å²) >= 11 is 1.37. The van der Waals surface area contributed by atoms with Crippen molar-refractivity contribution in [1.29, 1.82) is 0 Å². The minimum Gasteiger partial charge on any atom is -0.468 e. The van der Waals surface area contributed by atoms with Gasteiger partial charge in [0, 0.05) is 23.2 Å². The maximum atomic E-state index is 12.2. The monoisotopic (exact) mass is 344 g/mol. The van der Waals surface area contributed by atoms with Crippen LogP contribution in [0, 0.1) is 13.8 Å². The van der Waals surface area contributed by atoms with Crippen LogP contribution in [-0.2, 0) is 6.54 Å². The minimum absolute atomic E-state index is 0.0376. The highest BCUT2D eigenvalue weighted by Crippen LogP contribution is 2.22. The number of pyridine rings is 1. The van der Waals surface area contributed by atoms with E-state index >= 15 is 0 Å². The summed E-state index contributed by atoms with van der Waals surface area (Å²) in [5, 5.41) is 2.66. The van der Waals surface area contributed by atoms with Crippen LogP contribution in [0.5, 0.6) is 5.88 Å². The van der Waals surface area contributed by atoms with Crippen molar-refractivity contribution in [3.63, 3.8) is 0 Å². The number of hydrogen-bond donors (Lipinski definition) is 1. The van der Waals surface area contributed by atoms with Crippen LogP contribution in [-0.4, -0.2) is 23.7 Å².